The molecule has 0 spiro atoms. The second-order valence-electron chi connectivity index (χ2n) is 4.13. The fraction of sp³-hybridized carbons (Fsp3) is 0.917. The SMILES string of the molecule is CCCCCCC(=O)C1CCCCS1. The molecule has 0 bridgehead atoms. The van der Waals surface area contributed by atoms with Crippen LogP contribution in [-0.4, -0.2) is 16.8 Å². The standard InChI is InChI=1S/C12H22OS/c1-2-3-4-5-8-11(13)12-9-6-7-10-14-12/h12H,2-10H2,1H3. The molecule has 0 aromatic carbocycles. The van der Waals surface area contributed by atoms with Crippen LogP contribution in [0.4, 0.5) is 0 Å². The van der Waals surface area contributed by atoms with Gasteiger partial charge in [0.25, 0.3) is 0 Å². The average Bonchev–Trinajstić information content (AvgIpc) is 2.25. The van der Waals surface area contributed by atoms with Crippen molar-refractivity contribution in [3.63, 3.8) is 0 Å². The number of unbranched alkanes of at least 4 members (excludes halogenated alkanes) is 3. The summed E-state index contributed by atoms with van der Waals surface area (Å²) >= 11 is 1.89. The molecule has 0 aliphatic carbocycles. The summed E-state index contributed by atoms with van der Waals surface area (Å²) in [4.78, 5) is 11.7. The Morgan fingerprint density at radius 1 is 1.29 bits per heavy atom. The minimum atomic E-state index is 0.352. The van der Waals surface area contributed by atoms with Gasteiger partial charge in [0.15, 0.2) is 0 Å². The lowest BCUT2D eigenvalue weighted by atomic mass is 10.0. The maximum Gasteiger partial charge on any atom is 0.145 e. The average molecular weight is 214 g/mol. The highest BCUT2D eigenvalue weighted by Crippen LogP contribution is 2.27. The first-order valence-electron chi connectivity index (χ1n) is 5.99. The van der Waals surface area contributed by atoms with Crippen molar-refractivity contribution in [1.82, 2.24) is 0 Å². The normalized spacial score (nSPS) is 22.2. The fourth-order valence-corrected chi connectivity index (χ4v) is 3.17. The molecule has 0 aromatic rings. The van der Waals surface area contributed by atoms with E-state index in [1.54, 1.807) is 0 Å². The number of hydrogen-bond acceptors (Lipinski definition) is 2. The predicted octanol–water partition coefficient (Wildman–Crippen LogP) is 3.81. The number of carbonyl (C=O) groups is 1. The molecule has 0 aromatic heterocycles. The van der Waals surface area contributed by atoms with E-state index in [9.17, 15) is 4.79 Å². The summed E-state index contributed by atoms with van der Waals surface area (Å²) in [6, 6.07) is 0. The van der Waals surface area contributed by atoms with Gasteiger partial charge in [0.2, 0.25) is 0 Å². The molecule has 1 nitrogen and oxygen atoms in total. The monoisotopic (exact) mass is 214 g/mol. The number of ketones is 1. The van der Waals surface area contributed by atoms with Gasteiger partial charge in [0.05, 0.1) is 5.25 Å². The van der Waals surface area contributed by atoms with Gasteiger partial charge < -0.3 is 0 Å². The zero-order valence-electron chi connectivity index (χ0n) is 9.26. The van der Waals surface area contributed by atoms with E-state index in [0.29, 0.717) is 11.0 Å². The predicted molar refractivity (Wildman–Crippen MR) is 63.9 cm³/mol. The van der Waals surface area contributed by atoms with E-state index in [1.807, 2.05) is 11.8 Å². The third-order valence-electron chi connectivity index (χ3n) is 2.82. The van der Waals surface area contributed by atoms with Gasteiger partial charge in [-0.25, -0.2) is 0 Å². The summed E-state index contributed by atoms with van der Waals surface area (Å²) in [7, 11) is 0. The number of thioether (sulfide) groups is 1. The molecule has 1 aliphatic rings. The molecule has 1 heterocycles. The molecule has 1 aliphatic heterocycles. The van der Waals surface area contributed by atoms with Crippen molar-refractivity contribution < 1.29 is 4.79 Å². The summed E-state index contributed by atoms with van der Waals surface area (Å²) in [5.41, 5.74) is 0. The number of hydrogen-bond donors (Lipinski definition) is 0. The Hall–Kier alpha value is 0.0200. The fourth-order valence-electron chi connectivity index (χ4n) is 1.88. The first-order chi connectivity index (χ1) is 6.84. The van der Waals surface area contributed by atoms with Crippen LogP contribution < -0.4 is 0 Å². The zero-order chi connectivity index (χ0) is 10.2. The molecule has 0 saturated carbocycles. The highest BCUT2D eigenvalue weighted by molar-refractivity contribution is 8.00. The molecule has 14 heavy (non-hydrogen) atoms. The van der Waals surface area contributed by atoms with E-state index in [4.69, 9.17) is 0 Å². The maximum absolute atomic E-state index is 11.7. The maximum atomic E-state index is 11.7. The molecule has 1 fully saturated rings. The Balaban J connectivity index is 2.07. The number of carbonyl (C=O) groups excluding carboxylic acids is 1. The minimum Gasteiger partial charge on any atom is -0.298 e. The van der Waals surface area contributed by atoms with Crippen molar-refractivity contribution in [3.8, 4) is 0 Å². The summed E-state index contributed by atoms with van der Waals surface area (Å²) in [6.07, 6.45) is 9.43. The molecule has 1 rings (SSSR count). The molecule has 2 heteroatoms. The van der Waals surface area contributed by atoms with E-state index in [1.165, 1.54) is 37.9 Å². The molecule has 0 N–H and O–H groups in total. The molecule has 82 valence electrons. The zero-order valence-corrected chi connectivity index (χ0v) is 10.1. The van der Waals surface area contributed by atoms with Gasteiger partial charge in [0.1, 0.15) is 5.78 Å². The van der Waals surface area contributed by atoms with E-state index in [2.05, 4.69) is 6.92 Å². The number of rotatable bonds is 6. The van der Waals surface area contributed by atoms with Crippen LogP contribution in [-0.2, 0) is 4.79 Å². The van der Waals surface area contributed by atoms with Gasteiger partial charge in [-0.15, -0.1) is 0 Å². The first kappa shape index (κ1) is 12.1. The summed E-state index contributed by atoms with van der Waals surface area (Å²) in [5, 5.41) is 0.352. The van der Waals surface area contributed by atoms with Crippen molar-refractivity contribution in [2.75, 3.05) is 5.75 Å². The van der Waals surface area contributed by atoms with Gasteiger partial charge >= 0.3 is 0 Å². The molecular formula is C12H22OS. The van der Waals surface area contributed by atoms with Crippen LogP contribution in [0.3, 0.4) is 0 Å². The molecule has 1 atom stereocenters. The van der Waals surface area contributed by atoms with Gasteiger partial charge in [-0.3, -0.25) is 4.79 Å². The van der Waals surface area contributed by atoms with Crippen LogP contribution in [0.5, 0.6) is 0 Å². The van der Waals surface area contributed by atoms with Gasteiger partial charge in [-0.05, 0) is 25.0 Å². The molecule has 0 radical (unpaired) electrons. The first-order valence-corrected chi connectivity index (χ1v) is 7.03. The molecular weight excluding hydrogens is 192 g/mol. The van der Waals surface area contributed by atoms with E-state index in [0.717, 1.165) is 19.3 Å². The van der Waals surface area contributed by atoms with Gasteiger partial charge in [0, 0.05) is 6.42 Å². The van der Waals surface area contributed by atoms with Gasteiger partial charge in [-0.1, -0.05) is 32.6 Å². The second kappa shape index (κ2) is 7.33. The Morgan fingerprint density at radius 3 is 2.79 bits per heavy atom. The Morgan fingerprint density at radius 2 is 2.14 bits per heavy atom. The quantitative estimate of drug-likeness (QED) is 0.625. The minimum absolute atomic E-state index is 0.352. The van der Waals surface area contributed by atoms with Gasteiger partial charge in [-0.2, -0.15) is 11.8 Å². The third kappa shape index (κ3) is 4.50. The highest BCUT2D eigenvalue weighted by atomic mass is 32.2. The van der Waals surface area contributed by atoms with Crippen molar-refractivity contribution in [2.24, 2.45) is 0 Å². The Bertz CT molecular complexity index is 162. The van der Waals surface area contributed by atoms with Crippen LogP contribution in [0, 0.1) is 0 Å². The van der Waals surface area contributed by atoms with Crippen molar-refractivity contribution >= 4 is 17.5 Å². The topological polar surface area (TPSA) is 17.1 Å². The van der Waals surface area contributed by atoms with Crippen LogP contribution in [0.1, 0.15) is 58.3 Å². The molecule has 0 amide bonds. The summed E-state index contributed by atoms with van der Waals surface area (Å²) in [5.74, 6) is 1.72. The smallest absolute Gasteiger partial charge is 0.145 e. The summed E-state index contributed by atoms with van der Waals surface area (Å²) in [6.45, 7) is 2.21. The van der Waals surface area contributed by atoms with E-state index in [-0.39, 0.29) is 0 Å². The van der Waals surface area contributed by atoms with E-state index >= 15 is 0 Å². The largest absolute Gasteiger partial charge is 0.298 e. The highest BCUT2D eigenvalue weighted by Gasteiger charge is 2.20. The molecule has 1 saturated heterocycles. The second-order valence-corrected chi connectivity index (χ2v) is 5.44. The lowest BCUT2D eigenvalue weighted by Gasteiger charge is -2.19. The third-order valence-corrected chi connectivity index (χ3v) is 4.24. The van der Waals surface area contributed by atoms with Crippen LogP contribution in [0.2, 0.25) is 0 Å². The van der Waals surface area contributed by atoms with Crippen LogP contribution in [0.15, 0.2) is 0 Å². The Kier molecular flexibility index (Phi) is 6.33. The lowest BCUT2D eigenvalue weighted by Crippen LogP contribution is -2.20. The molecule has 1 unspecified atom stereocenters. The lowest BCUT2D eigenvalue weighted by molar-refractivity contribution is -0.118. The Labute approximate surface area is 92.0 Å². The van der Waals surface area contributed by atoms with Crippen molar-refractivity contribution in [1.29, 1.82) is 0 Å². The van der Waals surface area contributed by atoms with Crippen molar-refractivity contribution in [2.45, 2.75) is 63.5 Å². The van der Waals surface area contributed by atoms with E-state index < -0.39 is 0 Å². The van der Waals surface area contributed by atoms with Crippen LogP contribution in [0.25, 0.3) is 0 Å². The van der Waals surface area contributed by atoms with Crippen molar-refractivity contribution in [3.05, 3.63) is 0 Å². The summed E-state index contributed by atoms with van der Waals surface area (Å²) < 4.78 is 0. The number of Topliss-reactive ketones (excluding diaryl/α,β-unsaturated/α-hetero) is 1. The van der Waals surface area contributed by atoms with Crippen LogP contribution >= 0.6 is 11.8 Å².